The molecular formula is C21H23ClN2O7. The van der Waals surface area contributed by atoms with Gasteiger partial charge in [0.1, 0.15) is 17.6 Å². The first-order chi connectivity index (χ1) is 14.7. The van der Waals surface area contributed by atoms with Crippen molar-refractivity contribution in [3.63, 3.8) is 0 Å². The van der Waals surface area contributed by atoms with Gasteiger partial charge < -0.3 is 23.8 Å². The highest BCUT2D eigenvalue weighted by Crippen LogP contribution is 2.46. The molecule has 1 aliphatic rings. The number of carbonyl (C=O) groups excluding carboxylic acids is 2. The van der Waals surface area contributed by atoms with Gasteiger partial charge in [-0.05, 0) is 19.9 Å². The Kier molecular flexibility index (Phi) is 6.38. The van der Waals surface area contributed by atoms with Crippen LogP contribution in [0.25, 0.3) is 11.5 Å². The molecule has 0 bridgehead atoms. The van der Waals surface area contributed by atoms with E-state index in [1.165, 1.54) is 27.2 Å². The summed E-state index contributed by atoms with van der Waals surface area (Å²) in [4.78, 5) is 28.4. The van der Waals surface area contributed by atoms with Crippen LogP contribution in [0.2, 0.25) is 5.02 Å². The first-order valence-electron chi connectivity index (χ1n) is 9.51. The van der Waals surface area contributed by atoms with Crippen LogP contribution in [0.4, 0.5) is 0 Å². The maximum Gasteiger partial charge on any atom is 0.259 e. The zero-order valence-corrected chi connectivity index (χ0v) is 18.5. The van der Waals surface area contributed by atoms with E-state index in [9.17, 15) is 14.7 Å². The topological polar surface area (TPSA) is 121 Å². The number of benzene rings is 1. The number of ketones is 1. The summed E-state index contributed by atoms with van der Waals surface area (Å²) in [6, 6.07) is 1.60. The van der Waals surface area contributed by atoms with Crippen LogP contribution in [0.5, 0.6) is 11.5 Å². The van der Waals surface area contributed by atoms with E-state index in [0.717, 1.165) is 0 Å². The normalized spacial score (nSPS) is 22.0. The summed E-state index contributed by atoms with van der Waals surface area (Å²) in [5.74, 6) is 0.0583. The lowest BCUT2D eigenvalue weighted by Gasteiger charge is -2.38. The number of methoxy groups -OCH3 is 2. The Hall–Kier alpha value is -2.91. The number of ether oxygens (including phenoxy) is 3. The minimum atomic E-state index is -1.57. The molecule has 1 heterocycles. The van der Waals surface area contributed by atoms with Crippen LogP contribution in [0, 0.1) is 12.8 Å². The van der Waals surface area contributed by atoms with Crippen LogP contribution in [0.3, 0.4) is 0 Å². The standard InChI is InChI=1S/C21H23ClN2O7/c1-10-6-13(27)7-16(29-5)21(10,9-25)30-18-11(2)15(28-4)8-14(17(18)22)20-23-19(12(3)26)24-31-20/h7-10,12,26H,6H2,1-5H3/t10-,12?,21+/m1/s1. The molecule has 2 aromatic rings. The molecule has 1 N–H and O–H groups in total. The summed E-state index contributed by atoms with van der Waals surface area (Å²) in [6.07, 6.45) is 1.02. The Labute approximate surface area is 183 Å². The molecule has 3 atom stereocenters. The molecule has 1 aromatic heterocycles. The average molecular weight is 451 g/mol. The van der Waals surface area contributed by atoms with Gasteiger partial charge in [0.2, 0.25) is 5.60 Å². The summed E-state index contributed by atoms with van der Waals surface area (Å²) in [7, 11) is 2.83. The molecule has 0 spiro atoms. The monoisotopic (exact) mass is 450 g/mol. The van der Waals surface area contributed by atoms with Gasteiger partial charge >= 0.3 is 0 Å². The van der Waals surface area contributed by atoms with E-state index in [0.29, 0.717) is 23.2 Å². The summed E-state index contributed by atoms with van der Waals surface area (Å²) in [6.45, 7) is 4.93. The molecule has 9 nitrogen and oxygen atoms in total. The van der Waals surface area contributed by atoms with Gasteiger partial charge in [-0.3, -0.25) is 9.59 Å². The number of aromatic nitrogens is 2. The highest BCUT2D eigenvalue weighted by atomic mass is 35.5. The molecule has 0 fully saturated rings. The lowest BCUT2D eigenvalue weighted by molar-refractivity contribution is -0.130. The summed E-state index contributed by atoms with van der Waals surface area (Å²) >= 11 is 6.66. The number of hydrogen-bond acceptors (Lipinski definition) is 9. The third-order valence-electron chi connectivity index (χ3n) is 5.27. The van der Waals surface area contributed by atoms with Crippen molar-refractivity contribution in [2.75, 3.05) is 14.2 Å². The minimum Gasteiger partial charge on any atom is -0.496 e. The Bertz CT molecular complexity index is 1050. The molecule has 0 amide bonds. The van der Waals surface area contributed by atoms with E-state index < -0.39 is 17.6 Å². The average Bonchev–Trinajstić information content (AvgIpc) is 3.23. The van der Waals surface area contributed by atoms with Crippen molar-refractivity contribution < 1.29 is 33.4 Å². The van der Waals surface area contributed by atoms with E-state index in [-0.39, 0.29) is 40.5 Å². The molecule has 166 valence electrons. The number of rotatable bonds is 7. The highest BCUT2D eigenvalue weighted by Gasteiger charge is 2.48. The molecule has 1 unspecified atom stereocenters. The molecule has 0 aliphatic heterocycles. The lowest BCUT2D eigenvalue weighted by Crippen LogP contribution is -2.50. The maximum absolute atomic E-state index is 12.3. The van der Waals surface area contributed by atoms with E-state index in [1.807, 2.05) is 0 Å². The Morgan fingerprint density at radius 2 is 2.10 bits per heavy atom. The van der Waals surface area contributed by atoms with Crippen LogP contribution in [-0.2, 0) is 14.3 Å². The quantitative estimate of drug-likeness (QED) is 0.633. The fourth-order valence-electron chi connectivity index (χ4n) is 3.46. The number of aliphatic hydroxyl groups is 1. The van der Waals surface area contributed by atoms with Crippen molar-refractivity contribution in [3.05, 3.63) is 34.3 Å². The second-order valence-electron chi connectivity index (χ2n) is 7.33. The smallest absolute Gasteiger partial charge is 0.259 e. The first kappa shape index (κ1) is 22.8. The largest absolute Gasteiger partial charge is 0.496 e. The number of allylic oxidation sites excluding steroid dienone is 1. The highest BCUT2D eigenvalue weighted by molar-refractivity contribution is 6.35. The molecule has 0 radical (unpaired) electrons. The van der Waals surface area contributed by atoms with Gasteiger partial charge in [-0.15, -0.1) is 0 Å². The van der Waals surface area contributed by atoms with E-state index in [1.54, 1.807) is 19.9 Å². The molecule has 0 saturated heterocycles. The van der Waals surface area contributed by atoms with E-state index in [2.05, 4.69) is 10.1 Å². The van der Waals surface area contributed by atoms with Gasteiger partial charge in [0, 0.05) is 24.0 Å². The third-order valence-corrected chi connectivity index (χ3v) is 5.65. The molecule has 3 rings (SSSR count). The van der Waals surface area contributed by atoms with Crippen molar-refractivity contribution in [2.24, 2.45) is 5.92 Å². The zero-order valence-electron chi connectivity index (χ0n) is 17.8. The zero-order chi connectivity index (χ0) is 22.9. The molecule has 1 aliphatic carbocycles. The summed E-state index contributed by atoms with van der Waals surface area (Å²) < 4.78 is 22.2. The summed E-state index contributed by atoms with van der Waals surface area (Å²) in [5, 5.41) is 13.5. The van der Waals surface area contributed by atoms with Crippen LogP contribution in [0.1, 0.15) is 37.8 Å². The fourth-order valence-corrected chi connectivity index (χ4v) is 3.77. The van der Waals surface area contributed by atoms with Crippen LogP contribution in [0.15, 0.2) is 22.4 Å². The fraction of sp³-hybridized carbons (Fsp3) is 0.429. The Morgan fingerprint density at radius 3 is 2.65 bits per heavy atom. The molecule has 0 saturated carbocycles. The number of carbonyl (C=O) groups is 2. The maximum atomic E-state index is 12.3. The number of hydrogen-bond donors (Lipinski definition) is 1. The van der Waals surface area contributed by atoms with Gasteiger partial charge in [-0.1, -0.05) is 23.7 Å². The first-order valence-corrected chi connectivity index (χ1v) is 9.89. The van der Waals surface area contributed by atoms with E-state index in [4.69, 9.17) is 30.3 Å². The second kappa shape index (κ2) is 8.68. The number of aliphatic hydroxyl groups excluding tert-OH is 1. The van der Waals surface area contributed by atoms with Crippen molar-refractivity contribution in [2.45, 2.75) is 38.9 Å². The molecule has 1 aromatic carbocycles. The van der Waals surface area contributed by atoms with Gasteiger partial charge in [-0.25, -0.2) is 0 Å². The van der Waals surface area contributed by atoms with Gasteiger partial charge in [-0.2, -0.15) is 4.98 Å². The number of aldehydes is 1. The molecular weight excluding hydrogens is 428 g/mol. The van der Waals surface area contributed by atoms with Gasteiger partial charge in [0.25, 0.3) is 5.89 Å². The van der Waals surface area contributed by atoms with Gasteiger partial charge in [0.15, 0.2) is 23.7 Å². The van der Waals surface area contributed by atoms with Crippen LogP contribution < -0.4 is 9.47 Å². The predicted octanol–water partition coefficient (Wildman–Crippen LogP) is 3.22. The SMILES string of the molecule is COC1=CC(=O)C[C@@H](C)[C@]1(C=O)Oc1c(C)c(OC)cc(-c2nc(C(C)O)no2)c1Cl. The Morgan fingerprint density at radius 1 is 1.39 bits per heavy atom. The van der Waals surface area contributed by atoms with Gasteiger partial charge in [0.05, 0.1) is 24.8 Å². The van der Waals surface area contributed by atoms with Crippen LogP contribution in [-0.4, -0.2) is 47.1 Å². The number of halogens is 1. The molecule has 31 heavy (non-hydrogen) atoms. The second-order valence-corrected chi connectivity index (χ2v) is 7.70. The van der Waals surface area contributed by atoms with Crippen molar-refractivity contribution >= 4 is 23.7 Å². The minimum absolute atomic E-state index is 0.0404. The predicted molar refractivity (Wildman–Crippen MR) is 110 cm³/mol. The number of nitrogens with zero attached hydrogens (tertiary/aromatic N) is 2. The van der Waals surface area contributed by atoms with Crippen molar-refractivity contribution in [3.8, 4) is 23.0 Å². The molecule has 10 heteroatoms. The third kappa shape index (κ3) is 3.90. The van der Waals surface area contributed by atoms with Crippen molar-refractivity contribution in [1.29, 1.82) is 0 Å². The van der Waals surface area contributed by atoms with Crippen LogP contribution >= 0.6 is 11.6 Å². The Balaban J connectivity index is 2.19. The lowest BCUT2D eigenvalue weighted by atomic mass is 9.79. The summed E-state index contributed by atoms with van der Waals surface area (Å²) in [5.41, 5.74) is -0.755. The van der Waals surface area contributed by atoms with E-state index >= 15 is 0 Å². The van der Waals surface area contributed by atoms with Crippen molar-refractivity contribution in [1.82, 2.24) is 10.1 Å².